The highest BCUT2D eigenvalue weighted by Crippen LogP contribution is 2.36. The minimum atomic E-state index is 0.440. The van der Waals surface area contributed by atoms with Gasteiger partial charge in [0.15, 0.2) is 0 Å². The first-order valence-corrected chi connectivity index (χ1v) is 5.42. The van der Waals surface area contributed by atoms with E-state index >= 15 is 0 Å². The maximum Gasteiger partial charge on any atom is 0.320 e. The molecule has 0 saturated heterocycles. The summed E-state index contributed by atoms with van der Waals surface area (Å²) in [4.78, 5) is 4.00. The monoisotopic (exact) mass is 216 g/mol. The van der Waals surface area contributed by atoms with E-state index in [0.717, 1.165) is 24.4 Å². The number of anilines is 2. The molecule has 3 rings (SSSR count). The van der Waals surface area contributed by atoms with Crippen LogP contribution in [0.25, 0.3) is 0 Å². The molecule has 0 unspecified atom stereocenters. The molecular weight excluding hydrogens is 204 g/mol. The molecule has 2 aromatic rings. The highest BCUT2D eigenvalue weighted by Gasteiger charge is 2.25. The van der Waals surface area contributed by atoms with Crippen molar-refractivity contribution < 1.29 is 4.42 Å². The predicted octanol–water partition coefficient (Wildman–Crippen LogP) is 2.48. The fourth-order valence-corrected chi connectivity index (χ4v) is 1.67. The summed E-state index contributed by atoms with van der Waals surface area (Å²) < 4.78 is 5.53. The number of nitrogens with one attached hydrogen (secondary N) is 1. The Morgan fingerprint density at radius 3 is 2.94 bits per heavy atom. The molecule has 0 spiro atoms. The van der Waals surface area contributed by atoms with Gasteiger partial charge in [-0.15, -0.1) is 5.10 Å². The van der Waals surface area contributed by atoms with Crippen LogP contribution in [0.2, 0.25) is 0 Å². The van der Waals surface area contributed by atoms with Gasteiger partial charge in [-0.25, -0.2) is 0 Å². The predicted molar refractivity (Wildman–Crippen MR) is 58.4 cm³/mol. The van der Waals surface area contributed by atoms with Crippen molar-refractivity contribution in [2.75, 3.05) is 5.32 Å². The summed E-state index contributed by atoms with van der Waals surface area (Å²) in [5, 5.41) is 11.0. The molecule has 1 saturated carbocycles. The third kappa shape index (κ3) is 1.76. The SMILES string of the molecule is c1cncc(Nc2nnc(C3CCC3)o2)c1. The summed E-state index contributed by atoms with van der Waals surface area (Å²) in [7, 11) is 0. The molecule has 16 heavy (non-hydrogen) atoms. The molecule has 0 radical (unpaired) electrons. The Labute approximate surface area is 92.9 Å². The van der Waals surface area contributed by atoms with Gasteiger partial charge in [0.05, 0.1) is 11.9 Å². The third-order valence-corrected chi connectivity index (χ3v) is 2.81. The molecule has 82 valence electrons. The van der Waals surface area contributed by atoms with Crippen LogP contribution < -0.4 is 5.32 Å². The first-order chi connectivity index (χ1) is 7.92. The fraction of sp³-hybridized carbons (Fsp3) is 0.364. The van der Waals surface area contributed by atoms with Crippen LogP contribution in [0.1, 0.15) is 31.1 Å². The number of aromatic nitrogens is 3. The zero-order chi connectivity index (χ0) is 10.8. The lowest BCUT2D eigenvalue weighted by Crippen LogP contribution is -2.08. The quantitative estimate of drug-likeness (QED) is 0.853. The zero-order valence-corrected chi connectivity index (χ0v) is 8.76. The van der Waals surface area contributed by atoms with Gasteiger partial charge in [-0.2, -0.15) is 0 Å². The van der Waals surface area contributed by atoms with E-state index in [1.54, 1.807) is 12.4 Å². The van der Waals surface area contributed by atoms with Crippen molar-refractivity contribution in [3.05, 3.63) is 30.4 Å². The van der Waals surface area contributed by atoms with Gasteiger partial charge in [-0.3, -0.25) is 4.98 Å². The van der Waals surface area contributed by atoms with Gasteiger partial charge in [0.2, 0.25) is 5.89 Å². The van der Waals surface area contributed by atoms with E-state index in [-0.39, 0.29) is 0 Å². The van der Waals surface area contributed by atoms with Crippen molar-refractivity contribution in [3.63, 3.8) is 0 Å². The summed E-state index contributed by atoms with van der Waals surface area (Å²) in [6.07, 6.45) is 7.02. The normalized spacial score (nSPS) is 15.8. The molecule has 5 heteroatoms. The molecule has 2 aromatic heterocycles. The highest BCUT2D eigenvalue weighted by molar-refractivity contribution is 5.49. The summed E-state index contributed by atoms with van der Waals surface area (Å²) in [5.41, 5.74) is 0.853. The van der Waals surface area contributed by atoms with E-state index in [4.69, 9.17) is 4.42 Å². The Bertz CT molecular complexity index is 464. The van der Waals surface area contributed by atoms with Crippen molar-refractivity contribution in [1.82, 2.24) is 15.2 Å². The van der Waals surface area contributed by atoms with Crippen LogP contribution >= 0.6 is 0 Å². The molecule has 0 amide bonds. The summed E-state index contributed by atoms with van der Waals surface area (Å²) in [6, 6.07) is 4.20. The highest BCUT2D eigenvalue weighted by atomic mass is 16.4. The first kappa shape index (κ1) is 9.33. The Morgan fingerprint density at radius 2 is 2.25 bits per heavy atom. The van der Waals surface area contributed by atoms with Crippen molar-refractivity contribution >= 4 is 11.7 Å². The number of hydrogen-bond donors (Lipinski definition) is 1. The van der Waals surface area contributed by atoms with Gasteiger partial charge in [0.1, 0.15) is 0 Å². The molecule has 0 aromatic carbocycles. The lowest BCUT2D eigenvalue weighted by atomic mass is 9.85. The van der Waals surface area contributed by atoms with Crippen molar-refractivity contribution in [2.24, 2.45) is 0 Å². The molecule has 0 atom stereocenters. The standard InChI is InChI=1S/C11H12N4O/c1-3-8(4-1)10-14-15-11(16-10)13-9-5-2-6-12-7-9/h2,5-8H,1,3-4H2,(H,13,15). The molecule has 1 fully saturated rings. The van der Waals surface area contributed by atoms with Crippen molar-refractivity contribution in [3.8, 4) is 0 Å². The summed E-state index contributed by atoms with van der Waals surface area (Å²) in [5.74, 6) is 1.22. The summed E-state index contributed by atoms with van der Waals surface area (Å²) in [6.45, 7) is 0. The van der Waals surface area contributed by atoms with Crippen LogP contribution in [0.3, 0.4) is 0 Å². The van der Waals surface area contributed by atoms with E-state index in [9.17, 15) is 0 Å². The molecule has 5 nitrogen and oxygen atoms in total. The average Bonchev–Trinajstić information content (AvgIpc) is 2.65. The number of hydrogen-bond acceptors (Lipinski definition) is 5. The number of nitrogens with zero attached hydrogens (tertiary/aromatic N) is 3. The van der Waals surface area contributed by atoms with E-state index in [2.05, 4.69) is 20.5 Å². The molecule has 1 N–H and O–H groups in total. The molecule has 0 aliphatic heterocycles. The van der Waals surface area contributed by atoms with Gasteiger partial charge in [-0.05, 0) is 25.0 Å². The molecule has 1 aliphatic carbocycles. The second-order valence-corrected chi connectivity index (χ2v) is 3.94. The first-order valence-electron chi connectivity index (χ1n) is 5.42. The maximum absolute atomic E-state index is 5.53. The van der Waals surface area contributed by atoms with Crippen LogP contribution in [-0.2, 0) is 0 Å². The van der Waals surface area contributed by atoms with Crippen LogP contribution in [0.15, 0.2) is 28.9 Å². The van der Waals surface area contributed by atoms with Gasteiger partial charge < -0.3 is 9.73 Å². The van der Waals surface area contributed by atoms with Gasteiger partial charge in [0.25, 0.3) is 0 Å². The lowest BCUT2D eigenvalue weighted by Gasteiger charge is -2.20. The van der Waals surface area contributed by atoms with E-state index in [1.165, 1.54) is 6.42 Å². The van der Waals surface area contributed by atoms with Crippen LogP contribution in [-0.4, -0.2) is 15.2 Å². The minimum Gasteiger partial charge on any atom is -0.408 e. The fourth-order valence-electron chi connectivity index (χ4n) is 1.67. The Morgan fingerprint density at radius 1 is 1.31 bits per heavy atom. The topological polar surface area (TPSA) is 63.8 Å². The maximum atomic E-state index is 5.53. The Kier molecular flexibility index (Phi) is 2.29. The van der Waals surface area contributed by atoms with Gasteiger partial charge in [0, 0.05) is 12.1 Å². The average molecular weight is 216 g/mol. The number of rotatable bonds is 3. The van der Waals surface area contributed by atoms with E-state index < -0.39 is 0 Å². The van der Waals surface area contributed by atoms with Gasteiger partial charge >= 0.3 is 6.01 Å². The largest absolute Gasteiger partial charge is 0.408 e. The lowest BCUT2D eigenvalue weighted by molar-refractivity contribution is 0.339. The molecular formula is C11H12N4O. The zero-order valence-electron chi connectivity index (χ0n) is 8.76. The van der Waals surface area contributed by atoms with E-state index in [1.807, 2.05) is 12.1 Å². The second-order valence-electron chi connectivity index (χ2n) is 3.94. The van der Waals surface area contributed by atoms with Crippen LogP contribution in [0.5, 0.6) is 0 Å². The van der Waals surface area contributed by atoms with E-state index in [0.29, 0.717) is 11.9 Å². The molecule has 2 heterocycles. The second kappa shape index (κ2) is 3.92. The van der Waals surface area contributed by atoms with Gasteiger partial charge in [-0.1, -0.05) is 11.5 Å². The summed E-state index contributed by atoms with van der Waals surface area (Å²) >= 11 is 0. The van der Waals surface area contributed by atoms with Crippen molar-refractivity contribution in [2.45, 2.75) is 25.2 Å². The van der Waals surface area contributed by atoms with Crippen molar-refractivity contribution in [1.29, 1.82) is 0 Å². The Hall–Kier alpha value is -1.91. The third-order valence-electron chi connectivity index (χ3n) is 2.81. The minimum absolute atomic E-state index is 0.440. The smallest absolute Gasteiger partial charge is 0.320 e. The number of pyridine rings is 1. The van der Waals surface area contributed by atoms with Crippen LogP contribution in [0, 0.1) is 0 Å². The molecule has 0 bridgehead atoms. The Balaban J connectivity index is 1.73. The molecule has 1 aliphatic rings. The van der Waals surface area contributed by atoms with Crippen LogP contribution in [0.4, 0.5) is 11.7 Å².